The Morgan fingerprint density at radius 3 is 3.00 bits per heavy atom. The highest BCUT2D eigenvalue weighted by Crippen LogP contribution is 2.27. The number of benzene rings is 1. The summed E-state index contributed by atoms with van der Waals surface area (Å²) in [5, 5.41) is 13.0. The van der Waals surface area contributed by atoms with Crippen LogP contribution in [-0.4, -0.2) is 37.6 Å². The van der Waals surface area contributed by atoms with Crippen molar-refractivity contribution in [2.24, 2.45) is 0 Å². The van der Waals surface area contributed by atoms with Crippen LogP contribution in [0.2, 0.25) is 0 Å². The second-order valence-electron chi connectivity index (χ2n) is 5.00. The molecule has 0 aliphatic carbocycles. The number of methoxy groups -OCH3 is 1. The molecule has 2 rings (SSSR count). The molecule has 1 aromatic carbocycles. The number of halogens is 1. The molecule has 1 saturated heterocycles. The van der Waals surface area contributed by atoms with E-state index in [0.717, 1.165) is 6.42 Å². The fourth-order valence-corrected chi connectivity index (χ4v) is 2.28. The maximum atomic E-state index is 13.2. The van der Waals surface area contributed by atoms with Gasteiger partial charge in [-0.3, -0.25) is 0 Å². The van der Waals surface area contributed by atoms with Gasteiger partial charge in [0.1, 0.15) is 17.2 Å². The van der Waals surface area contributed by atoms with Crippen molar-refractivity contribution in [2.75, 3.05) is 26.9 Å². The molecule has 0 bridgehead atoms. The minimum atomic E-state index is -0.355. The van der Waals surface area contributed by atoms with Crippen LogP contribution in [0, 0.1) is 5.82 Å². The van der Waals surface area contributed by atoms with Crippen LogP contribution in [0.1, 0.15) is 24.9 Å². The summed E-state index contributed by atoms with van der Waals surface area (Å²) in [7, 11) is 1.67. The maximum absolute atomic E-state index is 13.2. The van der Waals surface area contributed by atoms with Gasteiger partial charge in [-0.15, -0.1) is 0 Å². The zero-order valence-corrected chi connectivity index (χ0v) is 11.3. The summed E-state index contributed by atoms with van der Waals surface area (Å²) >= 11 is 0. The lowest BCUT2D eigenvalue weighted by Crippen LogP contribution is -2.43. The van der Waals surface area contributed by atoms with Gasteiger partial charge in [-0.25, -0.2) is 4.39 Å². The van der Waals surface area contributed by atoms with Crippen LogP contribution in [0.15, 0.2) is 18.2 Å². The van der Waals surface area contributed by atoms with Gasteiger partial charge in [-0.1, -0.05) is 0 Å². The maximum Gasteiger partial charge on any atom is 0.123 e. The third kappa shape index (κ3) is 3.23. The van der Waals surface area contributed by atoms with Gasteiger partial charge in [0.15, 0.2) is 0 Å². The molecule has 1 aliphatic heterocycles. The van der Waals surface area contributed by atoms with Crippen molar-refractivity contribution in [1.82, 2.24) is 5.32 Å². The van der Waals surface area contributed by atoms with E-state index in [0.29, 0.717) is 25.3 Å². The van der Waals surface area contributed by atoms with Crippen molar-refractivity contribution >= 4 is 0 Å². The van der Waals surface area contributed by atoms with Gasteiger partial charge in [0, 0.05) is 38.3 Å². The van der Waals surface area contributed by atoms with Crippen molar-refractivity contribution < 1.29 is 19.0 Å². The van der Waals surface area contributed by atoms with Gasteiger partial charge in [0.05, 0.1) is 6.61 Å². The van der Waals surface area contributed by atoms with Gasteiger partial charge >= 0.3 is 0 Å². The van der Waals surface area contributed by atoms with Crippen molar-refractivity contribution in [3.8, 4) is 5.75 Å². The number of hydrogen-bond donors (Lipinski definition) is 2. The Labute approximate surface area is 112 Å². The molecule has 0 radical (unpaired) electrons. The van der Waals surface area contributed by atoms with E-state index >= 15 is 0 Å². The molecule has 19 heavy (non-hydrogen) atoms. The number of nitrogens with one attached hydrogen (secondary N) is 1. The Bertz CT molecular complexity index is 433. The molecule has 0 saturated carbocycles. The average Bonchev–Trinajstić information content (AvgIpc) is 2.88. The molecule has 0 amide bonds. The summed E-state index contributed by atoms with van der Waals surface area (Å²) in [6.07, 6.45) is 0.832. The summed E-state index contributed by atoms with van der Waals surface area (Å²) in [5.74, 6) is -0.261. The van der Waals surface area contributed by atoms with Crippen LogP contribution >= 0.6 is 0 Å². The molecule has 106 valence electrons. The lowest BCUT2D eigenvalue weighted by Gasteiger charge is -2.28. The van der Waals surface area contributed by atoms with Crippen LogP contribution in [0.3, 0.4) is 0 Å². The first-order valence-corrected chi connectivity index (χ1v) is 6.41. The molecular formula is C14H20FNO3. The smallest absolute Gasteiger partial charge is 0.123 e. The van der Waals surface area contributed by atoms with Gasteiger partial charge in [0.2, 0.25) is 0 Å². The monoisotopic (exact) mass is 269 g/mol. The fraction of sp³-hybridized carbons (Fsp3) is 0.571. The largest absolute Gasteiger partial charge is 0.508 e. The molecule has 0 aromatic heterocycles. The summed E-state index contributed by atoms with van der Waals surface area (Å²) in [6, 6.07) is 3.79. The molecule has 1 aliphatic rings. The number of phenols is 1. The van der Waals surface area contributed by atoms with Gasteiger partial charge in [-0.05, 0) is 25.1 Å². The third-order valence-corrected chi connectivity index (χ3v) is 3.69. The van der Waals surface area contributed by atoms with E-state index in [1.54, 1.807) is 7.11 Å². The Morgan fingerprint density at radius 1 is 1.58 bits per heavy atom. The highest BCUT2D eigenvalue weighted by Gasteiger charge is 2.35. The first-order valence-electron chi connectivity index (χ1n) is 6.41. The predicted molar refractivity (Wildman–Crippen MR) is 69.7 cm³/mol. The van der Waals surface area contributed by atoms with Gasteiger partial charge < -0.3 is 19.9 Å². The van der Waals surface area contributed by atoms with Crippen LogP contribution in [-0.2, 0) is 9.47 Å². The summed E-state index contributed by atoms with van der Waals surface area (Å²) in [6.45, 7) is 3.72. The van der Waals surface area contributed by atoms with Crippen LogP contribution < -0.4 is 5.32 Å². The third-order valence-electron chi connectivity index (χ3n) is 3.69. The first-order chi connectivity index (χ1) is 9.06. The lowest BCUT2D eigenvalue weighted by molar-refractivity contribution is -0.0172. The van der Waals surface area contributed by atoms with Crippen LogP contribution in [0.4, 0.5) is 4.39 Å². The summed E-state index contributed by atoms with van der Waals surface area (Å²) in [5.41, 5.74) is 0.224. The van der Waals surface area contributed by atoms with E-state index in [9.17, 15) is 9.50 Å². The predicted octanol–water partition coefficient (Wildman–Crippen LogP) is 1.99. The average molecular weight is 269 g/mol. The molecule has 0 spiro atoms. The first kappa shape index (κ1) is 14.2. The molecule has 2 unspecified atom stereocenters. The van der Waals surface area contributed by atoms with Gasteiger partial charge in [-0.2, -0.15) is 0 Å². The topological polar surface area (TPSA) is 50.7 Å². The molecule has 1 aromatic rings. The van der Waals surface area contributed by atoms with E-state index in [-0.39, 0.29) is 23.2 Å². The highest BCUT2D eigenvalue weighted by atomic mass is 19.1. The van der Waals surface area contributed by atoms with Crippen molar-refractivity contribution in [3.63, 3.8) is 0 Å². The quantitative estimate of drug-likeness (QED) is 0.858. The Hall–Kier alpha value is -1.17. The zero-order chi connectivity index (χ0) is 13.9. The number of aromatic hydroxyl groups is 1. The van der Waals surface area contributed by atoms with E-state index in [4.69, 9.17) is 9.47 Å². The highest BCUT2D eigenvalue weighted by molar-refractivity contribution is 5.34. The minimum absolute atomic E-state index is 0.0931. The van der Waals surface area contributed by atoms with Crippen molar-refractivity contribution in [2.45, 2.75) is 25.0 Å². The van der Waals surface area contributed by atoms with Gasteiger partial charge in [0.25, 0.3) is 0 Å². The molecule has 1 heterocycles. The molecular weight excluding hydrogens is 249 g/mol. The van der Waals surface area contributed by atoms with Crippen LogP contribution in [0.25, 0.3) is 0 Å². The van der Waals surface area contributed by atoms with E-state index in [1.165, 1.54) is 18.2 Å². The lowest BCUT2D eigenvalue weighted by atomic mass is 10.0. The summed E-state index contributed by atoms with van der Waals surface area (Å²) < 4.78 is 24.1. The standard InChI is InChI=1S/C14H20FNO3/c1-10(12-7-11(15)3-4-13(12)17)16-8-14(18-2)5-6-19-9-14/h3-4,7,10,16-17H,5-6,8-9H2,1-2H3. The second-order valence-corrected chi connectivity index (χ2v) is 5.00. The van der Waals surface area contributed by atoms with E-state index in [2.05, 4.69) is 5.32 Å². The molecule has 2 N–H and O–H groups in total. The van der Waals surface area contributed by atoms with E-state index < -0.39 is 0 Å². The van der Waals surface area contributed by atoms with E-state index in [1.807, 2.05) is 6.92 Å². The Kier molecular flexibility index (Phi) is 4.39. The second kappa shape index (κ2) is 5.86. The van der Waals surface area contributed by atoms with Crippen LogP contribution in [0.5, 0.6) is 5.75 Å². The Balaban J connectivity index is 2.00. The normalized spacial score (nSPS) is 24.6. The zero-order valence-electron chi connectivity index (χ0n) is 11.3. The molecule has 2 atom stereocenters. The Morgan fingerprint density at radius 2 is 2.37 bits per heavy atom. The number of hydrogen-bond acceptors (Lipinski definition) is 4. The summed E-state index contributed by atoms with van der Waals surface area (Å²) in [4.78, 5) is 0. The minimum Gasteiger partial charge on any atom is -0.508 e. The SMILES string of the molecule is COC1(CNC(C)c2cc(F)ccc2O)CCOC1. The van der Waals surface area contributed by atoms with Crippen molar-refractivity contribution in [3.05, 3.63) is 29.6 Å². The number of rotatable bonds is 5. The number of phenolic OH excluding ortho intramolecular Hbond substituents is 1. The van der Waals surface area contributed by atoms with Crippen molar-refractivity contribution in [1.29, 1.82) is 0 Å². The molecule has 5 heteroatoms. The number of ether oxygens (including phenoxy) is 2. The molecule has 4 nitrogen and oxygen atoms in total. The fourth-order valence-electron chi connectivity index (χ4n) is 2.28. The molecule has 1 fully saturated rings.